The van der Waals surface area contributed by atoms with Gasteiger partial charge in [-0.2, -0.15) is 0 Å². The zero-order valence-electron chi connectivity index (χ0n) is 15.9. The first kappa shape index (κ1) is 19.1. The van der Waals surface area contributed by atoms with Crippen LogP contribution in [0.25, 0.3) is 11.1 Å². The third-order valence-electron chi connectivity index (χ3n) is 5.30. The molecule has 1 aliphatic heterocycles. The Bertz CT molecular complexity index is 751. The average molecular weight is 365 g/mol. The average Bonchev–Trinajstić information content (AvgIpc) is 2.73. The number of hydrogen-bond acceptors (Lipinski definition) is 3. The van der Waals surface area contributed by atoms with Crippen molar-refractivity contribution >= 4 is 11.8 Å². The third-order valence-corrected chi connectivity index (χ3v) is 5.30. The molecule has 0 aliphatic carbocycles. The number of amides is 2. The first-order chi connectivity index (χ1) is 13.2. The number of pyridine rings is 1. The highest BCUT2D eigenvalue weighted by Crippen LogP contribution is 2.22. The molecule has 5 nitrogen and oxygen atoms in total. The maximum atomic E-state index is 12.5. The van der Waals surface area contributed by atoms with Crippen molar-refractivity contribution in [3.8, 4) is 11.1 Å². The molecule has 142 valence electrons. The number of aromatic nitrogens is 1. The van der Waals surface area contributed by atoms with Crippen molar-refractivity contribution in [3.05, 3.63) is 54.4 Å². The van der Waals surface area contributed by atoms with Crippen LogP contribution in [0.1, 0.15) is 31.2 Å². The van der Waals surface area contributed by atoms with E-state index in [1.807, 2.05) is 23.2 Å². The first-order valence-corrected chi connectivity index (χ1v) is 9.63. The van der Waals surface area contributed by atoms with E-state index < -0.39 is 0 Å². The summed E-state index contributed by atoms with van der Waals surface area (Å²) in [4.78, 5) is 30.1. The molecule has 27 heavy (non-hydrogen) atoms. The van der Waals surface area contributed by atoms with Crippen LogP contribution in [0.3, 0.4) is 0 Å². The third kappa shape index (κ3) is 5.39. The Morgan fingerprint density at radius 2 is 1.85 bits per heavy atom. The van der Waals surface area contributed by atoms with Gasteiger partial charge in [0.05, 0.1) is 0 Å². The van der Waals surface area contributed by atoms with Crippen molar-refractivity contribution in [2.75, 3.05) is 20.1 Å². The zero-order chi connectivity index (χ0) is 19.1. The van der Waals surface area contributed by atoms with Crippen LogP contribution in [0, 0.1) is 5.92 Å². The number of likely N-dealkylation sites (tertiary alicyclic amines) is 1. The summed E-state index contributed by atoms with van der Waals surface area (Å²) < 4.78 is 0. The van der Waals surface area contributed by atoms with E-state index in [9.17, 15) is 9.59 Å². The SMILES string of the molecule is CNC(=O)CC1CCN(C(=O)CCc2ccc(-c3cccnc3)cc2)CC1. The molecule has 1 saturated heterocycles. The minimum Gasteiger partial charge on any atom is -0.359 e. The van der Waals surface area contributed by atoms with Gasteiger partial charge in [-0.1, -0.05) is 30.3 Å². The summed E-state index contributed by atoms with van der Waals surface area (Å²) in [5.74, 6) is 0.702. The lowest BCUT2D eigenvalue weighted by Crippen LogP contribution is -2.39. The van der Waals surface area contributed by atoms with Gasteiger partial charge in [0.25, 0.3) is 0 Å². The van der Waals surface area contributed by atoms with E-state index in [0.29, 0.717) is 18.8 Å². The van der Waals surface area contributed by atoms with Gasteiger partial charge in [-0.15, -0.1) is 0 Å². The van der Waals surface area contributed by atoms with Gasteiger partial charge >= 0.3 is 0 Å². The number of rotatable bonds is 6. The number of hydrogen-bond donors (Lipinski definition) is 1. The number of nitrogens with one attached hydrogen (secondary N) is 1. The Kier molecular flexibility index (Phi) is 6.58. The van der Waals surface area contributed by atoms with Crippen molar-refractivity contribution in [2.24, 2.45) is 5.92 Å². The molecule has 0 unspecified atom stereocenters. The Morgan fingerprint density at radius 1 is 1.11 bits per heavy atom. The van der Waals surface area contributed by atoms with E-state index in [1.165, 1.54) is 5.56 Å². The highest BCUT2D eigenvalue weighted by Gasteiger charge is 2.23. The molecular formula is C22H27N3O2. The molecule has 0 atom stereocenters. The molecule has 1 aliphatic rings. The van der Waals surface area contributed by atoms with Crippen molar-refractivity contribution in [3.63, 3.8) is 0 Å². The number of piperidine rings is 1. The second-order valence-electron chi connectivity index (χ2n) is 7.14. The van der Waals surface area contributed by atoms with Gasteiger partial charge in [0.1, 0.15) is 0 Å². The van der Waals surface area contributed by atoms with Crippen molar-refractivity contribution in [2.45, 2.75) is 32.1 Å². The van der Waals surface area contributed by atoms with Gasteiger partial charge in [-0.25, -0.2) is 0 Å². The number of aryl methyl sites for hydroxylation is 1. The number of carbonyl (C=O) groups is 2. The van der Waals surface area contributed by atoms with Gasteiger partial charge < -0.3 is 10.2 Å². The lowest BCUT2D eigenvalue weighted by atomic mass is 9.93. The molecule has 5 heteroatoms. The lowest BCUT2D eigenvalue weighted by molar-refractivity contribution is -0.132. The summed E-state index contributed by atoms with van der Waals surface area (Å²) in [5.41, 5.74) is 3.40. The molecule has 2 heterocycles. The molecule has 3 rings (SSSR count). The monoisotopic (exact) mass is 365 g/mol. The maximum absolute atomic E-state index is 12.5. The standard InChI is InChI=1S/C22H27N3O2/c1-23-21(26)15-18-10-13-25(14-11-18)22(27)9-6-17-4-7-19(8-5-17)20-3-2-12-24-16-20/h2-5,7-8,12,16,18H,6,9-11,13-15H2,1H3,(H,23,26). The van der Waals surface area contributed by atoms with Crippen LogP contribution in [0.5, 0.6) is 0 Å². The lowest BCUT2D eigenvalue weighted by Gasteiger charge is -2.31. The van der Waals surface area contributed by atoms with Gasteiger partial charge in [0, 0.05) is 45.4 Å². The molecule has 2 aromatic rings. The molecule has 1 aromatic heterocycles. The number of carbonyl (C=O) groups excluding carboxylic acids is 2. The van der Waals surface area contributed by atoms with E-state index in [0.717, 1.165) is 43.5 Å². The summed E-state index contributed by atoms with van der Waals surface area (Å²) in [6.45, 7) is 1.53. The Morgan fingerprint density at radius 3 is 2.48 bits per heavy atom. The maximum Gasteiger partial charge on any atom is 0.222 e. The van der Waals surface area contributed by atoms with Crippen LogP contribution in [0.15, 0.2) is 48.8 Å². The molecule has 0 spiro atoms. The van der Waals surface area contributed by atoms with Gasteiger partial charge in [0.15, 0.2) is 0 Å². The van der Waals surface area contributed by atoms with Crippen molar-refractivity contribution in [1.29, 1.82) is 0 Å². The normalized spacial score (nSPS) is 14.8. The van der Waals surface area contributed by atoms with Crippen LogP contribution in [-0.2, 0) is 16.0 Å². The summed E-state index contributed by atoms with van der Waals surface area (Å²) in [5, 5.41) is 2.68. The smallest absolute Gasteiger partial charge is 0.222 e. The van der Waals surface area contributed by atoms with E-state index >= 15 is 0 Å². The van der Waals surface area contributed by atoms with Crippen LogP contribution in [0.2, 0.25) is 0 Å². The van der Waals surface area contributed by atoms with Crippen molar-refractivity contribution < 1.29 is 9.59 Å². The molecular weight excluding hydrogens is 338 g/mol. The minimum atomic E-state index is 0.0921. The predicted molar refractivity (Wildman–Crippen MR) is 106 cm³/mol. The zero-order valence-corrected chi connectivity index (χ0v) is 15.9. The second kappa shape index (κ2) is 9.31. The minimum absolute atomic E-state index is 0.0921. The second-order valence-corrected chi connectivity index (χ2v) is 7.14. The van der Waals surface area contributed by atoms with E-state index in [-0.39, 0.29) is 11.8 Å². The Hall–Kier alpha value is -2.69. The summed E-state index contributed by atoms with van der Waals surface area (Å²) in [6, 6.07) is 12.3. The molecule has 0 bridgehead atoms. The van der Waals surface area contributed by atoms with Gasteiger partial charge in [0.2, 0.25) is 11.8 Å². The summed E-state index contributed by atoms with van der Waals surface area (Å²) >= 11 is 0. The van der Waals surface area contributed by atoms with Crippen LogP contribution < -0.4 is 5.32 Å². The highest BCUT2D eigenvalue weighted by molar-refractivity contribution is 5.77. The van der Waals surface area contributed by atoms with Crippen LogP contribution in [0.4, 0.5) is 0 Å². The quantitative estimate of drug-likeness (QED) is 0.856. The molecule has 2 amide bonds. The molecule has 0 radical (unpaired) electrons. The molecule has 1 fully saturated rings. The van der Waals surface area contributed by atoms with Gasteiger partial charge in [-0.05, 0) is 47.9 Å². The van der Waals surface area contributed by atoms with E-state index in [2.05, 4.69) is 34.6 Å². The molecule has 0 saturated carbocycles. The van der Waals surface area contributed by atoms with Crippen LogP contribution in [-0.4, -0.2) is 41.8 Å². The fourth-order valence-corrected chi connectivity index (χ4v) is 3.56. The number of nitrogens with zero attached hydrogens (tertiary/aromatic N) is 2. The number of benzene rings is 1. The van der Waals surface area contributed by atoms with E-state index in [1.54, 1.807) is 13.2 Å². The summed E-state index contributed by atoms with van der Waals surface area (Å²) in [6.07, 6.45) is 7.31. The summed E-state index contributed by atoms with van der Waals surface area (Å²) in [7, 11) is 1.67. The topological polar surface area (TPSA) is 62.3 Å². The largest absolute Gasteiger partial charge is 0.359 e. The van der Waals surface area contributed by atoms with Gasteiger partial charge in [-0.3, -0.25) is 14.6 Å². The van der Waals surface area contributed by atoms with E-state index in [4.69, 9.17) is 0 Å². The Balaban J connectivity index is 1.45. The fourth-order valence-electron chi connectivity index (χ4n) is 3.56. The van der Waals surface area contributed by atoms with Crippen LogP contribution >= 0.6 is 0 Å². The van der Waals surface area contributed by atoms with Crippen molar-refractivity contribution in [1.82, 2.24) is 15.2 Å². The molecule has 1 N–H and O–H groups in total. The first-order valence-electron chi connectivity index (χ1n) is 9.63. The Labute approximate surface area is 160 Å². The highest BCUT2D eigenvalue weighted by atomic mass is 16.2. The predicted octanol–water partition coefficient (Wildman–Crippen LogP) is 3.06. The fraction of sp³-hybridized carbons (Fsp3) is 0.409. The molecule has 1 aromatic carbocycles.